The molecule has 0 aliphatic rings. The van der Waals surface area contributed by atoms with E-state index in [1.165, 1.54) is 11.7 Å². The molecular formula is C16H14NO2+. The highest BCUT2D eigenvalue weighted by Gasteiger charge is 2.21. The van der Waals surface area contributed by atoms with E-state index < -0.39 is 12.9 Å². The molecule has 1 heterocycles. The maximum Gasteiger partial charge on any atom is 0.339 e. The summed E-state index contributed by atoms with van der Waals surface area (Å²) in [6.07, 6.45) is 0. The van der Waals surface area contributed by atoms with Crippen LogP contribution in [0, 0.1) is 0 Å². The van der Waals surface area contributed by atoms with Crippen LogP contribution in [-0.4, -0.2) is 13.1 Å². The fourth-order valence-corrected chi connectivity index (χ4v) is 2.36. The molecular weight excluding hydrogens is 238 g/mol. The van der Waals surface area contributed by atoms with Gasteiger partial charge in [0.15, 0.2) is 0 Å². The normalized spacial score (nSPS) is 13.8. The smallest absolute Gasteiger partial charge is 0.339 e. The summed E-state index contributed by atoms with van der Waals surface area (Å²) in [5, 5.41) is 1.12. The van der Waals surface area contributed by atoms with Crippen LogP contribution in [0.5, 0.6) is 0 Å². The van der Waals surface area contributed by atoms with Crippen molar-refractivity contribution in [3.8, 4) is 0 Å². The van der Waals surface area contributed by atoms with E-state index in [2.05, 4.69) is 0 Å². The minimum absolute atomic E-state index is 0.384. The molecule has 3 nitrogen and oxygen atoms in total. The monoisotopic (exact) mass is 255 g/mol. The topological polar surface area (TPSA) is 30.2 Å². The van der Waals surface area contributed by atoms with E-state index in [1.54, 1.807) is 48.5 Å². The summed E-state index contributed by atoms with van der Waals surface area (Å²) in [5.41, 5.74) is 1.33. The van der Waals surface area contributed by atoms with Gasteiger partial charge >= 0.3 is 5.97 Å². The molecule has 3 rings (SSSR count). The number of aromatic nitrogens is 1. The molecule has 0 radical (unpaired) electrons. The Bertz CT molecular complexity index is 831. The predicted octanol–water partition coefficient (Wildman–Crippen LogP) is 2.60. The first-order valence-electron chi connectivity index (χ1n) is 7.39. The fraction of sp³-hybridized carbons (Fsp3) is 0.125. The number of pyridine rings is 1. The van der Waals surface area contributed by atoms with Crippen molar-refractivity contribution in [2.24, 2.45) is 6.98 Å². The van der Waals surface area contributed by atoms with Crippen LogP contribution >= 0.6 is 0 Å². The number of esters is 1. The summed E-state index contributed by atoms with van der Waals surface area (Å²) in [6.45, 7) is -2.35. The molecule has 0 aliphatic heterocycles. The van der Waals surface area contributed by atoms with Gasteiger partial charge in [-0.2, -0.15) is 4.57 Å². The second kappa shape index (κ2) is 4.35. The minimum Gasteiger partial charge on any atom is -0.465 e. The lowest BCUT2D eigenvalue weighted by molar-refractivity contribution is -0.617. The largest absolute Gasteiger partial charge is 0.465 e. The van der Waals surface area contributed by atoms with Gasteiger partial charge in [0.25, 0.3) is 0 Å². The van der Waals surface area contributed by atoms with Crippen molar-refractivity contribution < 1.29 is 18.2 Å². The summed E-state index contributed by atoms with van der Waals surface area (Å²) in [7, 11) is 1.32. The molecule has 0 saturated carbocycles. The zero-order valence-electron chi connectivity index (χ0n) is 13.4. The summed E-state index contributed by atoms with van der Waals surface area (Å²) >= 11 is 0. The standard InChI is InChI=1S/C16H14NO2/c1-17-13-9-5-3-7-11(13)15(16(18)19-2)12-8-4-6-10-14(12)17/h3-10H,1-2H3/q+1/i1D3. The van der Waals surface area contributed by atoms with Crippen molar-refractivity contribution in [3.63, 3.8) is 0 Å². The van der Waals surface area contributed by atoms with Gasteiger partial charge in [-0.15, -0.1) is 0 Å². The van der Waals surface area contributed by atoms with Crippen LogP contribution in [0.4, 0.5) is 0 Å². The molecule has 0 atom stereocenters. The number of hydrogen-bond donors (Lipinski definition) is 0. The first kappa shape index (κ1) is 8.64. The van der Waals surface area contributed by atoms with Crippen LogP contribution < -0.4 is 4.57 Å². The van der Waals surface area contributed by atoms with Gasteiger partial charge in [-0.25, -0.2) is 4.79 Å². The molecule has 0 spiro atoms. The van der Waals surface area contributed by atoms with E-state index in [0.29, 0.717) is 27.4 Å². The number of aryl methyl sites for hydroxylation is 1. The Morgan fingerprint density at radius 2 is 1.58 bits per heavy atom. The first-order valence-corrected chi connectivity index (χ1v) is 5.89. The number of nitrogens with zero attached hydrogens (tertiary/aromatic N) is 1. The van der Waals surface area contributed by atoms with Crippen LogP contribution in [0.1, 0.15) is 14.5 Å². The lowest BCUT2D eigenvalue weighted by Crippen LogP contribution is -2.31. The molecule has 2 aromatic carbocycles. The number of rotatable bonds is 1. The van der Waals surface area contributed by atoms with Crippen LogP contribution in [0.3, 0.4) is 0 Å². The van der Waals surface area contributed by atoms with Crippen LogP contribution in [-0.2, 0) is 11.7 Å². The van der Waals surface area contributed by atoms with Gasteiger partial charge in [0.2, 0.25) is 11.0 Å². The van der Waals surface area contributed by atoms with E-state index >= 15 is 0 Å². The van der Waals surface area contributed by atoms with Gasteiger partial charge < -0.3 is 4.74 Å². The number of benzene rings is 2. The lowest BCUT2D eigenvalue weighted by Gasteiger charge is -2.08. The molecule has 3 heteroatoms. The Hall–Kier alpha value is -2.42. The molecule has 0 unspecified atom stereocenters. The molecule has 0 N–H and O–H groups in total. The minimum atomic E-state index is -2.35. The van der Waals surface area contributed by atoms with Gasteiger partial charge in [0, 0.05) is 12.1 Å². The number of fused-ring (bicyclic) bond motifs is 2. The Balaban J connectivity index is 2.63. The van der Waals surface area contributed by atoms with Gasteiger partial charge in [0.1, 0.15) is 11.1 Å². The average molecular weight is 255 g/mol. The average Bonchev–Trinajstić information content (AvgIpc) is 2.50. The van der Waals surface area contributed by atoms with E-state index in [4.69, 9.17) is 8.85 Å². The van der Waals surface area contributed by atoms with E-state index in [-0.39, 0.29) is 0 Å². The molecule has 1 aromatic heterocycles. The van der Waals surface area contributed by atoms with Crippen LogP contribution in [0.15, 0.2) is 48.5 Å². The first-order chi connectivity index (χ1) is 10.4. The molecule has 3 aromatic rings. The molecule has 0 amide bonds. The Kier molecular flexibility index (Phi) is 1.98. The van der Waals surface area contributed by atoms with Gasteiger partial charge in [-0.05, 0) is 12.1 Å². The van der Waals surface area contributed by atoms with Crippen molar-refractivity contribution >= 4 is 27.8 Å². The molecule has 0 fully saturated rings. The van der Waals surface area contributed by atoms with E-state index in [0.717, 1.165) is 0 Å². The quantitative estimate of drug-likeness (QED) is 0.380. The molecule has 19 heavy (non-hydrogen) atoms. The third-order valence-corrected chi connectivity index (χ3v) is 3.22. The predicted molar refractivity (Wildman–Crippen MR) is 74.0 cm³/mol. The second-order valence-electron chi connectivity index (χ2n) is 4.24. The summed E-state index contributed by atoms with van der Waals surface area (Å²) < 4.78 is 29.7. The van der Waals surface area contributed by atoms with Crippen molar-refractivity contribution in [3.05, 3.63) is 54.1 Å². The highest BCUT2D eigenvalue weighted by atomic mass is 16.5. The Labute approximate surface area is 115 Å². The third-order valence-electron chi connectivity index (χ3n) is 3.22. The van der Waals surface area contributed by atoms with Crippen LogP contribution in [0.25, 0.3) is 21.8 Å². The highest BCUT2D eigenvalue weighted by Crippen LogP contribution is 2.24. The zero-order chi connectivity index (χ0) is 15.9. The Morgan fingerprint density at radius 3 is 2.05 bits per heavy atom. The highest BCUT2D eigenvalue weighted by molar-refractivity contribution is 6.12. The fourth-order valence-electron chi connectivity index (χ4n) is 2.36. The maximum absolute atomic E-state index is 12.2. The number of carbonyl (C=O) groups is 1. The third kappa shape index (κ3) is 1.66. The summed E-state index contributed by atoms with van der Waals surface area (Å²) in [5.74, 6) is -0.481. The van der Waals surface area contributed by atoms with E-state index in [1.807, 2.05) is 0 Å². The van der Waals surface area contributed by atoms with Crippen molar-refractivity contribution in [1.29, 1.82) is 0 Å². The SMILES string of the molecule is [2H]C([2H])([2H])[n+]1c2ccccc2c(C(=O)OC)c2ccccc21. The molecule has 0 aliphatic carbocycles. The summed E-state index contributed by atoms with van der Waals surface area (Å²) in [4.78, 5) is 12.2. The zero-order valence-corrected chi connectivity index (χ0v) is 10.4. The molecule has 0 bridgehead atoms. The van der Waals surface area contributed by atoms with Gasteiger partial charge in [-0.3, -0.25) is 0 Å². The van der Waals surface area contributed by atoms with Crippen molar-refractivity contribution in [2.75, 3.05) is 7.11 Å². The van der Waals surface area contributed by atoms with Gasteiger partial charge in [0.05, 0.1) is 23.4 Å². The lowest BCUT2D eigenvalue weighted by atomic mass is 10.0. The number of para-hydroxylation sites is 2. The summed E-state index contributed by atoms with van der Waals surface area (Å²) in [6, 6.07) is 13.9. The van der Waals surface area contributed by atoms with Crippen molar-refractivity contribution in [1.82, 2.24) is 0 Å². The number of carbonyl (C=O) groups excluding carboxylic acids is 1. The van der Waals surface area contributed by atoms with Gasteiger partial charge in [-0.1, -0.05) is 24.3 Å². The van der Waals surface area contributed by atoms with E-state index in [9.17, 15) is 4.79 Å². The number of ether oxygens (including phenoxy) is 1. The number of hydrogen-bond acceptors (Lipinski definition) is 2. The molecule has 94 valence electrons. The maximum atomic E-state index is 12.2. The Morgan fingerprint density at radius 1 is 1.05 bits per heavy atom. The van der Waals surface area contributed by atoms with Crippen molar-refractivity contribution in [2.45, 2.75) is 0 Å². The second-order valence-corrected chi connectivity index (χ2v) is 4.24. The van der Waals surface area contributed by atoms with Crippen LogP contribution in [0.2, 0.25) is 0 Å². The molecule has 0 saturated heterocycles. The number of methoxy groups -OCH3 is 1.